The van der Waals surface area contributed by atoms with E-state index in [9.17, 15) is 9.59 Å². The van der Waals surface area contributed by atoms with Gasteiger partial charge in [-0.05, 0) is 51.3 Å². The van der Waals surface area contributed by atoms with Gasteiger partial charge in [-0.2, -0.15) is 0 Å². The van der Waals surface area contributed by atoms with Gasteiger partial charge in [0.25, 0.3) is 0 Å². The number of esters is 2. The molecular weight excluding hydrogens is 404 g/mol. The first-order chi connectivity index (χ1) is 15.5. The highest BCUT2D eigenvalue weighted by atomic mass is 16.5. The summed E-state index contributed by atoms with van der Waals surface area (Å²) in [5, 5.41) is 7.56. The maximum absolute atomic E-state index is 13.0. The van der Waals surface area contributed by atoms with Crippen molar-refractivity contribution in [2.75, 3.05) is 23.8 Å². The predicted molar refractivity (Wildman–Crippen MR) is 122 cm³/mol. The Morgan fingerprint density at radius 3 is 2.31 bits per heavy atom. The van der Waals surface area contributed by atoms with Crippen molar-refractivity contribution in [3.05, 3.63) is 60.2 Å². The number of carbonyl (C=O) groups excluding carboxylic acids is 2. The van der Waals surface area contributed by atoms with Crippen molar-refractivity contribution >= 4 is 23.3 Å². The average molecular weight is 435 g/mol. The monoisotopic (exact) mass is 434 g/mol. The Balaban J connectivity index is 1.56. The van der Waals surface area contributed by atoms with Crippen LogP contribution in [0.25, 0.3) is 0 Å². The van der Waals surface area contributed by atoms with Crippen LogP contribution in [0.4, 0.5) is 11.4 Å². The number of ether oxygens (including phenoxy) is 2. The van der Waals surface area contributed by atoms with Crippen LogP contribution in [-0.4, -0.2) is 30.7 Å². The molecule has 168 valence electrons. The molecule has 6 nitrogen and oxygen atoms in total. The number of para-hydroxylation sites is 2. The molecule has 1 aliphatic heterocycles. The summed E-state index contributed by atoms with van der Waals surface area (Å²) in [7, 11) is 0. The Morgan fingerprint density at radius 1 is 0.938 bits per heavy atom. The highest BCUT2D eigenvalue weighted by Gasteiger charge is 2.71. The summed E-state index contributed by atoms with van der Waals surface area (Å²) in [4.78, 5) is 25.4. The number of rotatable bonds is 6. The Bertz CT molecular complexity index is 1020. The first kappa shape index (κ1) is 20.9. The lowest BCUT2D eigenvalue weighted by Gasteiger charge is -2.69. The van der Waals surface area contributed by atoms with E-state index in [1.54, 1.807) is 0 Å². The molecule has 1 heterocycles. The molecule has 2 saturated carbocycles. The molecule has 5 rings (SSSR count). The van der Waals surface area contributed by atoms with Gasteiger partial charge in [0.2, 0.25) is 0 Å². The summed E-state index contributed by atoms with van der Waals surface area (Å²) in [6, 6.07) is 18.4. The van der Waals surface area contributed by atoms with Crippen LogP contribution in [0, 0.1) is 17.8 Å². The van der Waals surface area contributed by atoms with Crippen LogP contribution < -0.4 is 10.6 Å². The first-order valence-corrected chi connectivity index (χ1v) is 11.6. The second kappa shape index (κ2) is 7.84. The number of anilines is 2. The van der Waals surface area contributed by atoms with Crippen LogP contribution >= 0.6 is 0 Å². The van der Waals surface area contributed by atoms with Gasteiger partial charge in [0, 0.05) is 28.4 Å². The van der Waals surface area contributed by atoms with Gasteiger partial charge in [-0.25, -0.2) is 0 Å². The van der Waals surface area contributed by atoms with E-state index in [2.05, 4.69) is 34.9 Å². The van der Waals surface area contributed by atoms with Crippen LogP contribution in [0.2, 0.25) is 0 Å². The van der Waals surface area contributed by atoms with Gasteiger partial charge in [-0.3, -0.25) is 9.59 Å². The number of fused-ring (bicyclic) bond motifs is 4. The zero-order chi connectivity index (χ0) is 22.3. The summed E-state index contributed by atoms with van der Waals surface area (Å²) >= 11 is 0. The van der Waals surface area contributed by atoms with E-state index < -0.39 is 5.54 Å². The fraction of sp³-hybridized carbons (Fsp3) is 0.462. The SMILES string of the molecule is CCOC(=O)C1CC2(C1)Nc1ccccc1C1(Nc3ccccc3)CC(C(=O)OCC)C21. The Hall–Kier alpha value is -3.02. The third-order valence-electron chi connectivity index (χ3n) is 7.43. The van der Waals surface area contributed by atoms with Crippen LogP contribution in [0.5, 0.6) is 0 Å². The zero-order valence-corrected chi connectivity index (χ0v) is 18.6. The summed E-state index contributed by atoms with van der Waals surface area (Å²) in [6.07, 6.45) is 1.97. The van der Waals surface area contributed by atoms with E-state index in [0.29, 0.717) is 32.5 Å². The maximum atomic E-state index is 13.0. The minimum absolute atomic E-state index is 0.0326. The molecule has 0 bridgehead atoms. The van der Waals surface area contributed by atoms with Gasteiger partial charge < -0.3 is 20.1 Å². The lowest BCUT2D eigenvalue weighted by atomic mass is 9.42. The normalized spacial score (nSPS) is 31.8. The standard InChI is InChI=1S/C26H30N2O4/c1-3-31-23(29)17-14-25(15-17)22-19(24(30)32-4-2)16-26(22,27-18-10-6-5-7-11-18)20-12-8-9-13-21(20)28-25/h5-13,17,19,22,27-28H,3-4,14-16H2,1-2H3. The van der Waals surface area contributed by atoms with Crippen LogP contribution in [0.3, 0.4) is 0 Å². The van der Waals surface area contributed by atoms with Gasteiger partial charge in [-0.1, -0.05) is 36.4 Å². The van der Waals surface area contributed by atoms with Crippen molar-refractivity contribution in [2.24, 2.45) is 17.8 Å². The van der Waals surface area contributed by atoms with Crippen molar-refractivity contribution in [2.45, 2.75) is 44.2 Å². The van der Waals surface area contributed by atoms with Crippen molar-refractivity contribution in [3.63, 3.8) is 0 Å². The summed E-state index contributed by atoms with van der Waals surface area (Å²) in [5.41, 5.74) is 2.49. The zero-order valence-electron chi connectivity index (χ0n) is 18.6. The Morgan fingerprint density at radius 2 is 1.59 bits per heavy atom. The average Bonchev–Trinajstić information content (AvgIpc) is 2.75. The summed E-state index contributed by atoms with van der Waals surface area (Å²) < 4.78 is 10.8. The molecule has 6 heteroatoms. The number of benzene rings is 2. The molecular formula is C26H30N2O4. The van der Waals surface area contributed by atoms with E-state index in [4.69, 9.17) is 9.47 Å². The summed E-state index contributed by atoms with van der Waals surface area (Å²) in [5.74, 6) is -0.703. The molecule has 32 heavy (non-hydrogen) atoms. The van der Waals surface area contributed by atoms with Gasteiger partial charge >= 0.3 is 11.9 Å². The number of hydrogen-bond acceptors (Lipinski definition) is 6. The Kier molecular flexibility index (Phi) is 5.11. The van der Waals surface area contributed by atoms with Crippen molar-refractivity contribution < 1.29 is 19.1 Å². The molecule has 2 N–H and O–H groups in total. The van der Waals surface area contributed by atoms with Crippen molar-refractivity contribution in [1.29, 1.82) is 0 Å². The second-order valence-electron chi connectivity index (χ2n) is 9.19. The van der Waals surface area contributed by atoms with Gasteiger partial charge in [0.15, 0.2) is 0 Å². The van der Waals surface area contributed by atoms with Crippen molar-refractivity contribution in [1.82, 2.24) is 0 Å². The molecule has 3 unspecified atom stereocenters. The smallest absolute Gasteiger partial charge is 0.309 e. The predicted octanol–water partition coefficient (Wildman–Crippen LogP) is 4.33. The molecule has 2 fully saturated rings. The highest BCUT2D eigenvalue weighted by molar-refractivity contribution is 5.81. The molecule has 3 atom stereocenters. The molecule has 0 radical (unpaired) electrons. The second-order valence-corrected chi connectivity index (χ2v) is 9.19. The molecule has 0 saturated heterocycles. The highest BCUT2D eigenvalue weighted by Crippen LogP contribution is 2.67. The first-order valence-electron chi connectivity index (χ1n) is 11.6. The number of carbonyl (C=O) groups is 2. The minimum atomic E-state index is -0.403. The van der Waals surface area contributed by atoms with E-state index in [-0.39, 0.29) is 35.2 Å². The van der Waals surface area contributed by atoms with Crippen LogP contribution in [0.1, 0.15) is 38.7 Å². The van der Waals surface area contributed by atoms with Crippen LogP contribution in [-0.2, 0) is 24.6 Å². The van der Waals surface area contributed by atoms with Crippen molar-refractivity contribution in [3.8, 4) is 0 Å². The number of nitrogens with one attached hydrogen (secondary N) is 2. The van der Waals surface area contributed by atoms with E-state index in [1.165, 1.54) is 5.56 Å². The topological polar surface area (TPSA) is 76.7 Å². The quantitative estimate of drug-likeness (QED) is 0.659. The van der Waals surface area contributed by atoms with Gasteiger partial charge in [-0.15, -0.1) is 0 Å². The molecule has 2 aliphatic carbocycles. The minimum Gasteiger partial charge on any atom is -0.466 e. The fourth-order valence-electron chi connectivity index (χ4n) is 6.28. The summed E-state index contributed by atoms with van der Waals surface area (Å²) in [6.45, 7) is 4.42. The third kappa shape index (κ3) is 3.07. The molecule has 0 amide bonds. The molecule has 1 spiro atoms. The molecule has 0 aromatic heterocycles. The van der Waals surface area contributed by atoms with Crippen LogP contribution in [0.15, 0.2) is 54.6 Å². The van der Waals surface area contributed by atoms with Gasteiger partial charge in [0.05, 0.1) is 30.6 Å². The van der Waals surface area contributed by atoms with E-state index in [1.807, 2.05) is 44.2 Å². The lowest BCUT2D eigenvalue weighted by molar-refractivity contribution is -0.171. The maximum Gasteiger partial charge on any atom is 0.309 e. The molecule has 3 aliphatic rings. The van der Waals surface area contributed by atoms with E-state index >= 15 is 0 Å². The van der Waals surface area contributed by atoms with E-state index in [0.717, 1.165) is 11.4 Å². The fourth-order valence-corrected chi connectivity index (χ4v) is 6.28. The number of hydrogen-bond donors (Lipinski definition) is 2. The van der Waals surface area contributed by atoms with Gasteiger partial charge in [0.1, 0.15) is 0 Å². The molecule has 2 aromatic rings. The molecule has 2 aromatic carbocycles. The largest absolute Gasteiger partial charge is 0.466 e. The Labute approximate surface area is 188 Å². The lowest BCUT2D eigenvalue weighted by Crippen LogP contribution is -2.75. The third-order valence-corrected chi connectivity index (χ3v) is 7.43.